The number of hydrogen-bond acceptors (Lipinski definition) is 3. The maximum atomic E-state index is 12.9. The molecule has 1 aromatic rings. The SMILES string of the molecule is CC1CCCN(C(=O)C2CCCN(S(=O)(=O)c3cccc(Br)c3)C2)C1. The number of sulfonamides is 1. The van der Waals surface area contributed by atoms with E-state index >= 15 is 0 Å². The van der Waals surface area contributed by atoms with Gasteiger partial charge >= 0.3 is 0 Å². The number of rotatable bonds is 3. The zero-order valence-corrected chi connectivity index (χ0v) is 16.9. The molecule has 2 saturated heterocycles. The van der Waals surface area contributed by atoms with Crippen molar-refractivity contribution in [3.8, 4) is 0 Å². The van der Waals surface area contributed by atoms with Gasteiger partial charge in [0.1, 0.15) is 0 Å². The summed E-state index contributed by atoms with van der Waals surface area (Å²) >= 11 is 3.33. The molecule has 138 valence electrons. The molecule has 5 nitrogen and oxygen atoms in total. The van der Waals surface area contributed by atoms with Crippen molar-refractivity contribution in [2.45, 2.75) is 37.5 Å². The van der Waals surface area contributed by atoms with Crippen LogP contribution in [-0.4, -0.2) is 49.7 Å². The van der Waals surface area contributed by atoms with E-state index in [1.165, 1.54) is 4.31 Å². The number of carbonyl (C=O) groups excluding carboxylic acids is 1. The Morgan fingerprint density at radius 1 is 1.16 bits per heavy atom. The van der Waals surface area contributed by atoms with Crippen molar-refractivity contribution in [1.29, 1.82) is 0 Å². The third-order valence-corrected chi connectivity index (χ3v) is 7.49. The van der Waals surface area contributed by atoms with Crippen LogP contribution in [0.1, 0.15) is 32.6 Å². The number of carbonyl (C=O) groups is 1. The summed E-state index contributed by atoms with van der Waals surface area (Å²) in [6.45, 7) is 4.55. The molecule has 2 heterocycles. The first-order valence-corrected chi connectivity index (χ1v) is 11.2. The van der Waals surface area contributed by atoms with Crippen molar-refractivity contribution < 1.29 is 13.2 Å². The summed E-state index contributed by atoms with van der Waals surface area (Å²) < 4.78 is 28.0. The van der Waals surface area contributed by atoms with Gasteiger partial charge in [0.15, 0.2) is 0 Å². The van der Waals surface area contributed by atoms with E-state index in [0.717, 1.165) is 43.2 Å². The second-order valence-electron chi connectivity index (χ2n) is 7.19. The summed E-state index contributed by atoms with van der Waals surface area (Å²) in [5, 5.41) is 0. The molecule has 2 fully saturated rings. The summed E-state index contributed by atoms with van der Waals surface area (Å²) in [5.41, 5.74) is 0. The van der Waals surface area contributed by atoms with Gasteiger partial charge in [-0.3, -0.25) is 4.79 Å². The second-order valence-corrected chi connectivity index (χ2v) is 10.0. The lowest BCUT2D eigenvalue weighted by Gasteiger charge is -2.37. The van der Waals surface area contributed by atoms with E-state index in [4.69, 9.17) is 0 Å². The van der Waals surface area contributed by atoms with Gasteiger partial charge in [-0.2, -0.15) is 4.31 Å². The summed E-state index contributed by atoms with van der Waals surface area (Å²) in [5.74, 6) is 0.435. The molecule has 0 spiro atoms. The molecule has 2 aliphatic rings. The number of likely N-dealkylation sites (tertiary alicyclic amines) is 1. The quantitative estimate of drug-likeness (QED) is 0.742. The number of nitrogens with zero attached hydrogens (tertiary/aromatic N) is 2. The Bertz CT molecular complexity index is 738. The Hall–Kier alpha value is -0.920. The van der Waals surface area contributed by atoms with Gasteiger partial charge in [0.05, 0.1) is 10.8 Å². The van der Waals surface area contributed by atoms with Crippen LogP contribution in [0.4, 0.5) is 0 Å². The average molecular weight is 429 g/mol. The Balaban J connectivity index is 1.73. The number of halogens is 1. The molecular weight excluding hydrogens is 404 g/mol. The fourth-order valence-electron chi connectivity index (χ4n) is 3.79. The molecule has 0 aliphatic carbocycles. The van der Waals surface area contributed by atoms with Crippen LogP contribution in [0.25, 0.3) is 0 Å². The zero-order chi connectivity index (χ0) is 18.0. The van der Waals surface area contributed by atoms with Crippen LogP contribution in [0.15, 0.2) is 33.6 Å². The van der Waals surface area contributed by atoms with E-state index in [9.17, 15) is 13.2 Å². The van der Waals surface area contributed by atoms with Crippen molar-refractivity contribution in [3.05, 3.63) is 28.7 Å². The van der Waals surface area contributed by atoms with Gasteiger partial charge < -0.3 is 4.90 Å². The number of amides is 1. The fourth-order valence-corrected chi connectivity index (χ4v) is 5.91. The van der Waals surface area contributed by atoms with E-state index < -0.39 is 10.0 Å². The second kappa shape index (κ2) is 7.76. The molecule has 0 saturated carbocycles. The van der Waals surface area contributed by atoms with Crippen LogP contribution >= 0.6 is 15.9 Å². The Kier molecular flexibility index (Phi) is 5.85. The summed E-state index contributed by atoms with van der Waals surface area (Å²) in [7, 11) is -3.56. The Morgan fingerprint density at radius 3 is 2.64 bits per heavy atom. The number of piperidine rings is 2. The molecule has 1 aromatic carbocycles. The zero-order valence-electron chi connectivity index (χ0n) is 14.5. The molecule has 3 rings (SSSR count). The lowest BCUT2D eigenvalue weighted by Crippen LogP contribution is -2.48. The van der Waals surface area contributed by atoms with Crippen molar-refractivity contribution in [2.75, 3.05) is 26.2 Å². The highest BCUT2D eigenvalue weighted by Crippen LogP contribution is 2.27. The minimum atomic E-state index is -3.56. The van der Waals surface area contributed by atoms with Crippen LogP contribution in [-0.2, 0) is 14.8 Å². The standard InChI is InChI=1S/C18H25BrN2O3S/c1-14-5-3-9-20(12-14)18(22)15-6-4-10-21(13-15)25(23,24)17-8-2-7-16(19)11-17/h2,7-8,11,14-15H,3-6,9-10,12-13H2,1H3. The normalized spacial score (nSPS) is 25.8. The maximum absolute atomic E-state index is 12.9. The molecule has 0 radical (unpaired) electrons. The molecule has 2 unspecified atom stereocenters. The molecular formula is C18H25BrN2O3S. The van der Waals surface area contributed by atoms with E-state index in [1.807, 2.05) is 4.90 Å². The van der Waals surface area contributed by atoms with Gasteiger partial charge in [0.25, 0.3) is 0 Å². The predicted octanol–water partition coefficient (Wildman–Crippen LogP) is 3.11. The van der Waals surface area contributed by atoms with E-state index in [2.05, 4.69) is 22.9 Å². The molecule has 0 aromatic heterocycles. The van der Waals surface area contributed by atoms with Gasteiger partial charge in [-0.25, -0.2) is 8.42 Å². The highest BCUT2D eigenvalue weighted by atomic mass is 79.9. The Labute approximate surface area is 158 Å². The maximum Gasteiger partial charge on any atom is 0.243 e. The van der Waals surface area contributed by atoms with Crippen molar-refractivity contribution in [2.24, 2.45) is 11.8 Å². The fraction of sp³-hybridized carbons (Fsp3) is 0.611. The van der Waals surface area contributed by atoms with Crippen LogP contribution < -0.4 is 0 Å². The lowest BCUT2D eigenvalue weighted by atomic mass is 9.94. The minimum absolute atomic E-state index is 0.126. The van der Waals surface area contributed by atoms with E-state index in [0.29, 0.717) is 19.0 Å². The van der Waals surface area contributed by atoms with Crippen LogP contribution in [0.3, 0.4) is 0 Å². The van der Waals surface area contributed by atoms with Crippen LogP contribution in [0.5, 0.6) is 0 Å². The first kappa shape index (κ1) is 18.9. The van der Waals surface area contributed by atoms with Crippen molar-refractivity contribution in [1.82, 2.24) is 9.21 Å². The van der Waals surface area contributed by atoms with E-state index in [1.54, 1.807) is 24.3 Å². The monoisotopic (exact) mass is 428 g/mol. The third kappa shape index (κ3) is 4.26. The van der Waals surface area contributed by atoms with Crippen LogP contribution in [0.2, 0.25) is 0 Å². The van der Waals surface area contributed by atoms with Crippen LogP contribution in [0, 0.1) is 11.8 Å². The minimum Gasteiger partial charge on any atom is -0.342 e. The van der Waals surface area contributed by atoms with E-state index in [-0.39, 0.29) is 16.7 Å². The molecule has 7 heteroatoms. The number of hydrogen-bond donors (Lipinski definition) is 0. The molecule has 2 atom stereocenters. The molecule has 0 N–H and O–H groups in total. The molecule has 0 bridgehead atoms. The lowest BCUT2D eigenvalue weighted by molar-refractivity contribution is -0.138. The molecule has 1 amide bonds. The largest absolute Gasteiger partial charge is 0.342 e. The van der Waals surface area contributed by atoms with Gasteiger partial charge in [-0.1, -0.05) is 28.9 Å². The molecule has 25 heavy (non-hydrogen) atoms. The summed E-state index contributed by atoms with van der Waals surface area (Å²) in [6, 6.07) is 6.75. The predicted molar refractivity (Wildman–Crippen MR) is 101 cm³/mol. The highest BCUT2D eigenvalue weighted by Gasteiger charge is 2.35. The average Bonchev–Trinajstić information content (AvgIpc) is 2.61. The highest BCUT2D eigenvalue weighted by molar-refractivity contribution is 9.10. The summed E-state index contributed by atoms with van der Waals surface area (Å²) in [6.07, 6.45) is 3.71. The topological polar surface area (TPSA) is 57.7 Å². The van der Waals surface area contributed by atoms with Gasteiger partial charge in [-0.15, -0.1) is 0 Å². The molecule has 2 aliphatic heterocycles. The smallest absolute Gasteiger partial charge is 0.243 e. The third-order valence-electron chi connectivity index (χ3n) is 5.14. The first-order valence-electron chi connectivity index (χ1n) is 8.92. The number of benzene rings is 1. The van der Waals surface area contributed by atoms with Gasteiger partial charge in [0, 0.05) is 30.7 Å². The van der Waals surface area contributed by atoms with Gasteiger partial charge in [0.2, 0.25) is 15.9 Å². The van der Waals surface area contributed by atoms with Crippen molar-refractivity contribution >= 4 is 31.9 Å². The summed E-state index contributed by atoms with van der Waals surface area (Å²) in [4.78, 5) is 15.1. The Morgan fingerprint density at radius 2 is 1.92 bits per heavy atom. The first-order chi connectivity index (χ1) is 11.9. The van der Waals surface area contributed by atoms with Crippen molar-refractivity contribution in [3.63, 3.8) is 0 Å². The van der Waals surface area contributed by atoms with Gasteiger partial charge in [-0.05, 0) is 49.8 Å².